The van der Waals surface area contributed by atoms with Crippen molar-refractivity contribution in [3.8, 4) is 0 Å². The molecule has 98 valence electrons. The van der Waals surface area contributed by atoms with Crippen molar-refractivity contribution in [2.24, 2.45) is 5.41 Å². The minimum atomic E-state index is -0.952. The number of nitrogens with zero attached hydrogens (tertiary/aromatic N) is 1. The molecule has 2 unspecified atom stereocenters. The van der Waals surface area contributed by atoms with Crippen molar-refractivity contribution in [1.29, 1.82) is 0 Å². The first kappa shape index (κ1) is 14.0. The van der Waals surface area contributed by atoms with Gasteiger partial charge in [0.05, 0.1) is 6.10 Å². The molecule has 5 nitrogen and oxygen atoms in total. The Morgan fingerprint density at radius 2 is 2.00 bits per heavy atom. The fourth-order valence-electron chi connectivity index (χ4n) is 2.03. The fraction of sp³-hybridized carbons (Fsp3) is 0.833. The summed E-state index contributed by atoms with van der Waals surface area (Å²) in [5.74, 6) is -1.06. The second kappa shape index (κ2) is 5.04. The molecule has 1 saturated heterocycles. The lowest BCUT2D eigenvalue weighted by Crippen LogP contribution is -2.41. The van der Waals surface area contributed by atoms with Gasteiger partial charge >= 0.3 is 5.97 Å². The van der Waals surface area contributed by atoms with E-state index in [1.165, 1.54) is 4.90 Å². The Morgan fingerprint density at radius 1 is 1.41 bits per heavy atom. The molecule has 0 aromatic rings. The molecule has 1 aliphatic heterocycles. The van der Waals surface area contributed by atoms with Gasteiger partial charge in [0.15, 0.2) is 0 Å². The van der Waals surface area contributed by atoms with E-state index in [1.807, 2.05) is 20.8 Å². The van der Waals surface area contributed by atoms with Crippen molar-refractivity contribution in [3.63, 3.8) is 0 Å². The number of hydrogen-bond acceptors (Lipinski definition) is 3. The van der Waals surface area contributed by atoms with Crippen molar-refractivity contribution < 1.29 is 19.4 Å². The quantitative estimate of drug-likeness (QED) is 0.806. The minimum Gasteiger partial charge on any atom is -0.480 e. The smallest absolute Gasteiger partial charge is 0.326 e. The maximum atomic E-state index is 12.0. The van der Waals surface area contributed by atoms with Crippen LogP contribution in [0.4, 0.5) is 0 Å². The largest absolute Gasteiger partial charge is 0.480 e. The lowest BCUT2D eigenvalue weighted by Gasteiger charge is -2.25. The van der Waals surface area contributed by atoms with Crippen molar-refractivity contribution >= 4 is 11.9 Å². The normalized spacial score (nSPS) is 25.1. The first-order chi connectivity index (χ1) is 7.74. The van der Waals surface area contributed by atoms with E-state index in [9.17, 15) is 9.59 Å². The molecule has 1 N–H and O–H groups in total. The number of methoxy groups -OCH3 is 1. The van der Waals surface area contributed by atoms with Crippen LogP contribution in [0.25, 0.3) is 0 Å². The van der Waals surface area contributed by atoms with E-state index in [-0.39, 0.29) is 17.4 Å². The maximum absolute atomic E-state index is 12.0. The van der Waals surface area contributed by atoms with Crippen LogP contribution in [0.2, 0.25) is 0 Å². The predicted molar refractivity (Wildman–Crippen MR) is 62.6 cm³/mol. The summed E-state index contributed by atoms with van der Waals surface area (Å²) in [4.78, 5) is 24.6. The molecule has 0 bridgehead atoms. The van der Waals surface area contributed by atoms with Crippen LogP contribution < -0.4 is 0 Å². The number of amides is 1. The number of carbonyl (C=O) groups excluding carboxylic acids is 1. The molecule has 1 heterocycles. The first-order valence-electron chi connectivity index (χ1n) is 5.79. The van der Waals surface area contributed by atoms with Crippen molar-refractivity contribution in [1.82, 2.24) is 4.90 Å². The Labute approximate surface area is 102 Å². The van der Waals surface area contributed by atoms with E-state index in [0.717, 1.165) is 0 Å². The van der Waals surface area contributed by atoms with Crippen LogP contribution in [0.5, 0.6) is 0 Å². The highest BCUT2D eigenvalue weighted by atomic mass is 16.5. The van der Waals surface area contributed by atoms with Crippen LogP contribution in [0.15, 0.2) is 0 Å². The Morgan fingerprint density at radius 3 is 2.41 bits per heavy atom. The van der Waals surface area contributed by atoms with E-state index in [4.69, 9.17) is 9.84 Å². The Balaban J connectivity index is 2.73. The lowest BCUT2D eigenvalue weighted by atomic mass is 9.91. The average molecular weight is 243 g/mol. The number of carbonyl (C=O) groups is 2. The van der Waals surface area contributed by atoms with Crippen molar-refractivity contribution in [2.45, 2.75) is 45.8 Å². The van der Waals surface area contributed by atoms with Crippen molar-refractivity contribution in [3.05, 3.63) is 0 Å². The third-order valence-electron chi connectivity index (χ3n) is 2.88. The van der Waals surface area contributed by atoms with Gasteiger partial charge in [-0.15, -0.1) is 0 Å². The molecule has 0 aliphatic carbocycles. The van der Waals surface area contributed by atoms with E-state index in [1.54, 1.807) is 7.11 Å². The van der Waals surface area contributed by atoms with Gasteiger partial charge in [0.1, 0.15) is 6.04 Å². The summed E-state index contributed by atoms with van der Waals surface area (Å²) >= 11 is 0. The highest BCUT2D eigenvalue weighted by molar-refractivity contribution is 5.84. The number of carboxylic acid groups (broad SMARTS) is 1. The Bertz CT molecular complexity index is 308. The third-order valence-corrected chi connectivity index (χ3v) is 2.88. The molecule has 1 rings (SSSR count). The molecule has 0 aromatic heterocycles. The molecule has 0 radical (unpaired) electrons. The fourth-order valence-corrected chi connectivity index (χ4v) is 2.03. The van der Waals surface area contributed by atoms with Gasteiger partial charge in [-0.25, -0.2) is 4.79 Å². The summed E-state index contributed by atoms with van der Waals surface area (Å²) in [6, 6.07) is -0.741. The summed E-state index contributed by atoms with van der Waals surface area (Å²) in [5.41, 5.74) is -0.134. The van der Waals surface area contributed by atoms with E-state index in [0.29, 0.717) is 19.4 Å². The molecule has 17 heavy (non-hydrogen) atoms. The Kier molecular flexibility index (Phi) is 4.14. The van der Waals surface area contributed by atoms with E-state index < -0.39 is 12.0 Å². The molecular weight excluding hydrogens is 222 g/mol. The molecule has 0 saturated carbocycles. The summed E-state index contributed by atoms with van der Waals surface area (Å²) in [6.07, 6.45) is 0.564. The number of ether oxygens (including phenoxy) is 1. The van der Waals surface area contributed by atoms with Crippen LogP contribution in [-0.4, -0.2) is 47.7 Å². The van der Waals surface area contributed by atoms with Gasteiger partial charge in [-0.3, -0.25) is 4.79 Å². The minimum absolute atomic E-state index is 0.107. The topological polar surface area (TPSA) is 66.8 Å². The molecule has 2 atom stereocenters. The monoisotopic (exact) mass is 243 g/mol. The Hall–Kier alpha value is -1.10. The second-order valence-electron chi connectivity index (χ2n) is 5.73. The van der Waals surface area contributed by atoms with Crippen molar-refractivity contribution in [2.75, 3.05) is 13.7 Å². The van der Waals surface area contributed by atoms with Crippen LogP contribution in [0.3, 0.4) is 0 Å². The van der Waals surface area contributed by atoms with Gasteiger partial charge < -0.3 is 14.7 Å². The van der Waals surface area contributed by atoms with Gasteiger partial charge in [-0.2, -0.15) is 0 Å². The predicted octanol–water partition coefficient (Wildman–Crippen LogP) is 1.12. The summed E-state index contributed by atoms with van der Waals surface area (Å²) in [5, 5.41) is 9.09. The van der Waals surface area contributed by atoms with Gasteiger partial charge in [0.25, 0.3) is 0 Å². The number of aliphatic carboxylic acids is 1. The number of carboxylic acids is 1. The number of hydrogen-bond donors (Lipinski definition) is 1. The van der Waals surface area contributed by atoms with E-state index >= 15 is 0 Å². The molecule has 0 spiro atoms. The van der Waals surface area contributed by atoms with Gasteiger partial charge in [0, 0.05) is 26.5 Å². The summed E-state index contributed by atoms with van der Waals surface area (Å²) in [6.45, 7) is 6.27. The molecule has 1 aliphatic rings. The highest BCUT2D eigenvalue weighted by Crippen LogP contribution is 2.25. The molecule has 1 fully saturated rings. The second-order valence-corrected chi connectivity index (χ2v) is 5.73. The zero-order chi connectivity index (χ0) is 13.2. The van der Waals surface area contributed by atoms with Gasteiger partial charge in [-0.05, 0) is 5.41 Å². The van der Waals surface area contributed by atoms with Crippen LogP contribution >= 0.6 is 0 Å². The number of rotatable bonds is 3. The molecular formula is C12H21NO4. The maximum Gasteiger partial charge on any atom is 0.326 e. The van der Waals surface area contributed by atoms with Crippen LogP contribution in [-0.2, 0) is 14.3 Å². The van der Waals surface area contributed by atoms with Gasteiger partial charge in [0.2, 0.25) is 5.91 Å². The SMILES string of the molecule is COC1CC(C(=O)O)N(C(=O)CC(C)(C)C)C1. The molecule has 5 heteroatoms. The first-order valence-corrected chi connectivity index (χ1v) is 5.79. The summed E-state index contributed by atoms with van der Waals surface area (Å²) < 4.78 is 5.14. The number of likely N-dealkylation sites (tertiary alicyclic amines) is 1. The molecule has 0 aromatic carbocycles. The molecule has 1 amide bonds. The van der Waals surface area contributed by atoms with Gasteiger partial charge in [-0.1, -0.05) is 20.8 Å². The third kappa shape index (κ3) is 3.70. The van der Waals surface area contributed by atoms with E-state index in [2.05, 4.69) is 0 Å². The zero-order valence-electron chi connectivity index (χ0n) is 10.9. The van der Waals surface area contributed by atoms with Crippen LogP contribution in [0, 0.1) is 5.41 Å². The standard InChI is InChI=1S/C12H21NO4/c1-12(2,3)6-10(14)13-7-8(17-4)5-9(13)11(15)16/h8-9H,5-7H2,1-4H3,(H,15,16). The zero-order valence-corrected chi connectivity index (χ0v) is 10.9. The summed E-state index contributed by atoms with van der Waals surface area (Å²) in [7, 11) is 1.54. The van der Waals surface area contributed by atoms with Crippen LogP contribution in [0.1, 0.15) is 33.6 Å². The lowest BCUT2D eigenvalue weighted by molar-refractivity contribution is -0.148. The average Bonchev–Trinajstić information content (AvgIpc) is 2.58. The highest BCUT2D eigenvalue weighted by Gasteiger charge is 2.40.